The van der Waals surface area contributed by atoms with Crippen LogP contribution in [-0.2, 0) is 6.42 Å². The quantitative estimate of drug-likeness (QED) is 0.891. The fourth-order valence-electron chi connectivity index (χ4n) is 3.16. The largest absolute Gasteiger partial charge is 0.342 e. The Bertz CT molecular complexity index is 566. The van der Waals surface area contributed by atoms with Crippen LogP contribution in [0, 0.1) is 11.8 Å². The Kier molecular flexibility index (Phi) is 2.23. The minimum absolute atomic E-state index is 0.682. The number of hydrogen-bond acceptors (Lipinski definition) is 2. The van der Waals surface area contributed by atoms with Crippen molar-refractivity contribution < 1.29 is 0 Å². The van der Waals surface area contributed by atoms with Crippen molar-refractivity contribution in [3.05, 3.63) is 23.8 Å². The molecule has 2 aliphatic rings. The molecule has 0 bridgehead atoms. The van der Waals surface area contributed by atoms with Crippen molar-refractivity contribution in [1.29, 1.82) is 0 Å². The summed E-state index contributed by atoms with van der Waals surface area (Å²) in [4.78, 5) is 12.9. The van der Waals surface area contributed by atoms with Crippen LogP contribution in [-0.4, -0.2) is 15.0 Å². The van der Waals surface area contributed by atoms with Crippen molar-refractivity contribution >= 4 is 11.0 Å². The van der Waals surface area contributed by atoms with Gasteiger partial charge < -0.3 is 4.98 Å². The minimum atomic E-state index is 0.682. The second-order valence-electron chi connectivity index (χ2n) is 5.83. The number of aryl methyl sites for hydroxylation is 1. The van der Waals surface area contributed by atoms with Gasteiger partial charge in [-0.3, -0.25) is 4.98 Å². The zero-order valence-electron chi connectivity index (χ0n) is 10.8. The Morgan fingerprint density at radius 2 is 2.00 bits per heavy atom. The summed E-state index contributed by atoms with van der Waals surface area (Å²) in [5, 5.41) is 0. The van der Waals surface area contributed by atoms with Gasteiger partial charge in [0.2, 0.25) is 0 Å². The normalized spacial score (nSPS) is 19.9. The first-order chi connectivity index (χ1) is 8.86. The second kappa shape index (κ2) is 3.81. The molecule has 0 atom stereocenters. The number of fused-ring (bicyclic) bond motifs is 1. The van der Waals surface area contributed by atoms with Crippen molar-refractivity contribution in [2.45, 2.75) is 44.9 Å². The predicted octanol–water partition coefficient (Wildman–Crippen LogP) is 3.42. The van der Waals surface area contributed by atoms with Crippen LogP contribution in [0.3, 0.4) is 0 Å². The molecule has 0 saturated heterocycles. The van der Waals surface area contributed by atoms with E-state index in [1.807, 2.05) is 6.20 Å². The molecule has 1 N–H and O–H groups in total. The number of aromatic amines is 1. The van der Waals surface area contributed by atoms with E-state index >= 15 is 0 Å². The summed E-state index contributed by atoms with van der Waals surface area (Å²) in [5.74, 6) is 3.54. The lowest BCUT2D eigenvalue weighted by Gasteiger charge is -2.14. The standard InChI is InChI=1S/C15H19N3/c1-2-12-17-11-7-8-16-15(14(11)18-12)13(9-3-4-9)10-5-6-10/h7-10,13H,2-6H2,1H3,(H,17,18). The molecule has 2 aliphatic carbocycles. The summed E-state index contributed by atoms with van der Waals surface area (Å²) in [6.07, 6.45) is 8.49. The molecule has 2 fully saturated rings. The molecule has 18 heavy (non-hydrogen) atoms. The zero-order valence-corrected chi connectivity index (χ0v) is 10.8. The van der Waals surface area contributed by atoms with Gasteiger partial charge >= 0.3 is 0 Å². The lowest BCUT2D eigenvalue weighted by Crippen LogP contribution is -2.07. The lowest BCUT2D eigenvalue weighted by atomic mass is 9.93. The van der Waals surface area contributed by atoms with Crippen molar-refractivity contribution in [2.24, 2.45) is 11.8 Å². The van der Waals surface area contributed by atoms with E-state index in [0.29, 0.717) is 5.92 Å². The summed E-state index contributed by atoms with van der Waals surface area (Å²) in [6, 6.07) is 2.06. The molecule has 2 aromatic heterocycles. The smallest absolute Gasteiger partial charge is 0.110 e. The first-order valence-electron chi connectivity index (χ1n) is 7.20. The van der Waals surface area contributed by atoms with E-state index in [2.05, 4.69) is 18.0 Å². The van der Waals surface area contributed by atoms with Gasteiger partial charge in [-0.05, 0) is 43.6 Å². The lowest BCUT2D eigenvalue weighted by molar-refractivity contribution is 0.528. The number of aromatic nitrogens is 3. The van der Waals surface area contributed by atoms with Crippen LogP contribution in [0.25, 0.3) is 11.0 Å². The highest BCUT2D eigenvalue weighted by atomic mass is 14.9. The Balaban J connectivity index is 1.84. The molecule has 3 nitrogen and oxygen atoms in total. The van der Waals surface area contributed by atoms with Crippen LogP contribution < -0.4 is 0 Å². The Morgan fingerprint density at radius 3 is 2.61 bits per heavy atom. The van der Waals surface area contributed by atoms with Gasteiger partial charge in [0, 0.05) is 18.5 Å². The molecule has 2 heterocycles. The van der Waals surface area contributed by atoms with Crippen molar-refractivity contribution in [3.63, 3.8) is 0 Å². The number of H-pyrrole nitrogens is 1. The van der Waals surface area contributed by atoms with Gasteiger partial charge in [-0.25, -0.2) is 4.98 Å². The Hall–Kier alpha value is -1.38. The van der Waals surface area contributed by atoms with E-state index in [0.717, 1.165) is 29.6 Å². The van der Waals surface area contributed by atoms with Gasteiger partial charge in [0.25, 0.3) is 0 Å². The van der Waals surface area contributed by atoms with Gasteiger partial charge in [0.05, 0.1) is 11.2 Å². The number of nitrogens with zero attached hydrogens (tertiary/aromatic N) is 2. The van der Waals surface area contributed by atoms with E-state index in [-0.39, 0.29) is 0 Å². The maximum Gasteiger partial charge on any atom is 0.110 e. The number of hydrogen-bond donors (Lipinski definition) is 1. The summed E-state index contributed by atoms with van der Waals surface area (Å²) in [5.41, 5.74) is 3.58. The first kappa shape index (κ1) is 10.5. The van der Waals surface area contributed by atoms with Crippen LogP contribution in [0.2, 0.25) is 0 Å². The molecule has 0 aromatic carbocycles. The highest BCUT2D eigenvalue weighted by molar-refractivity contribution is 5.77. The van der Waals surface area contributed by atoms with Gasteiger partial charge in [-0.2, -0.15) is 0 Å². The summed E-state index contributed by atoms with van der Waals surface area (Å²) in [7, 11) is 0. The summed E-state index contributed by atoms with van der Waals surface area (Å²) in [6.45, 7) is 2.14. The molecule has 0 unspecified atom stereocenters. The van der Waals surface area contributed by atoms with Gasteiger partial charge in [-0.15, -0.1) is 0 Å². The average Bonchev–Trinajstić information content (AvgIpc) is 3.30. The van der Waals surface area contributed by atoms with Crippen LogP contribution in [0.5, 0.6) is 0 Å². The highest BCUT2D eigenvalue weighted by Gasteiger charge is 2.43. The van der Waals surface area contributed by atoms with Crippen LogP contribution in [0.15, 0.2) is 12.3 Å². The third kappa shape index (κ3) is 1.64. The maximum atomic E-state index is 4.75. The first-order valence-corrected chi connectivity index (χ1v) is 7.20. The summed E-state index contributed by atoms with van der Waals surface area (Å²) < 4.78 is 0. The third-order valence-electron chi connectivity index (χ3n) is 4.39. The number of imidazole rings is 1. The molecule has 2 aromatic rings. The monoisotopic (exact) mass is 241 g/mol. The molecule has 0 aliphatic heterocycles. The van der Waals surface area contributed by atoms with E-state index in [1.54, 1.807) is 0 Å². The average molecular weight is 241 g/mol. The topological polar surface area (TPSA) is 41.6 Å². The number of nitrogens with one attached hydrogen (secondary N) is 1. The van der Waals surface area contributed by atoms with Crippen LogP contribution in [0.4, 0.5) is 0 Å². The number of pyridine rings is 1. The van der Waals surface area contributed by atoms with Crippen molar-refractivity contribution in [3.8, 4) is 0 Å². The molecule has 3 heteroatoms. The molecular formula is C15H19N3. The molecule has 94 valence electrons. The Labute approximate surface area is 107 Å². The fraction of sp³-hybridized carbons (Fsp3) is 0.600. The second-order valence-corrected chi connectivity index (χ2v) is 5.83. The maximum absolute atomic E-state index is 4.75. The van der Waals surface area contributed by atoms with Gasteiger partial charge in [0.1, 0.15) is 11.3 Å². The van der Waals surface area contributed by atoms with E-state index < -0.39 is 0 Å². The Morgan fingerprint density at radius 1 is 1.28 bits per heavy atom. The van der Waals surface area contributed by atoms with E-state index in [1.165, 1.54) is 36.9 Å². The summed E-state index contributed by atoms with van der Waals surface area (Å²) >= 11 is 0. The third-order valence-corrected chi connectivity index (χ3v) is 4.39. The van der Waals surface area contributed by atoms with Crippen LogP contribution in [0.1, 0.15) is 50.0 Å². The molecule has 0 spiro atoms. The molecule has 0 amide bonds. The van der Waals surface area contributed by atoms with Gasteiger partial charge in [0.15, 0.2) is 0 Å². The van der Waals surface area contributed by atoms with E-state index in [4.69, 9.17) is 9.97 Å². The molecule has 0 radical (unpaired) electrons. The fourth-order valence-corrected chi connectivity index (χ4v) is 3.16. The molecule has 2 saturated carbocycles. The zero-order chi connectivity index (χ0) is 12.1. The molecule has 4 rings (SSSR count). The SMILES string of the molecule is CCc1nc2c(C(C3CC3)C3CC3)nccc2[nH]1. The van der Waals surface area contributed by atoms with Crippen molar-refractivity contribution in [1.82, 2.24) is 15.0 Å². The van der Waals surface area contributed by atoms with Gasteiger partial charge in [-0.1, -0.05) is 6.92 Å². The molecular weight excluding hydrogens is 222 g/mol. The highest BCUT2D eigenvalue weighted by Crippen LogP contribution is 2.54. The van der Waals surface area contributed by atoms with E-state index in [9.17, 15) is 0 Å². The van der Waals surface area contributed by atoms with Crippen molar-refractivity contribution in [2.75, 3.05) is 0 Å². The number of rotatable bonds is 4. The predicted molar refractivity (Wildman–Crippen MR) is 71.5 cm³/mol. The van der Waals surface area contributed by atoms with Crippen LogP contribution >= 0.6 is 0 Å². The minimum Gasteiger partial charge on any atom is -0.342 e.